The number of amides is 1. The fourth-order valence-corrected chi connectivity index (χ4v) is 2.07. The van der Waals surface area contributed by atoms with Crippen LogP contribution in [0.25, 0.3) is 0 Å². The van der Waals surface area contributed by atoms with E-state index in [0.717, 1.165) is 30.7 Å². The van der Waals surface area contributed by atoms with Crippen molar-refractivity contribution in [2.45, 2.75) is 40.0 Å². The second-order valence-electron chi connectivity index (χ2n) is 5.02. The summed E-state index contributed by atoms with van der Waals surface area (Å²) < 4.78 is 5.51. The maximum Gasteiger partial charge on any atom is 0.231 e. The Bertz CT molecular complexity index is 403. The third-order valence-corrected chi connectivity index (χ3v) is 3.81. The van der Waals surface area contributed by atoms with Crippen molar-refractivity contribution >= 4 is 11.6 Å². The van der Waals surface area contributed by atoms with Gasteiger partial charge in [0.15, 0.2) is 0 Å². The Kier molecular flexibility index (Phi) is 6.52. The van der Waals surface area contributed by atoms with Crippen molar-refractivity contribution in [3.8, 4) is 5.75 Å². The molecule has 4 heteroatoms. The lowest BCUT2D eigenvalue weighted by Crippen LogP contribution is -2.41. The topological polar surface area (TPSA) is 64.3 Å². The van der Waals surface area contributed by atoms with Crippen LogP contribution in [0.4, 0.5) is 5.69 Å². The molecule has 0 saturated heterocycles. The quantitative estimate of drug-likeness (QED) is 0.767. The highest BCUT2D eigenvalue weighted by Gasteiger charge is 2.33. The van der Waals surface area contributed by atoms with E-state index in [0.29, 0.717) is 13.2 Å². The van der Waals surface area contributed by atoms with Crippen molar-refractivity contribution in [2.75, 3.05) is 18.5 Å². The third-order valence-electron chi connectivity index (χ3n) is 3.81. The first-order chi connectivity index (χ1) is 9.61. The molecule has 0 aliphatic carbocycles. The molecule has 0 saturated carbocycles. The second-order valence-corrected chi connectivity index (χ2v) is 5.02. The van der Waals surface area contributed by atoms with Gasteiger partial charge < -0.3 is 15.8 Å². The highest BCUT2D eigenvalue weighted by molar-refractivity contribution is 5.95. The van der Waals surface area contributed by atoms with Crippen molar-refractivity contribution in [2.24, 2.45) is 11.1 Å². The summed E-state index contributed by atoms with van der Waals surface area (Å²) in [6.07, 6.45) is 2.46. The molecule has 0 aliphatic rings. The van der Waals surface area contributed by atoms with Crippen molar-refractivity contribution in [1.82, 2.24) is 0 Å². The van der Waals surface area contributed by atoms with Crippen LogP contribution in [-0.4, -0.2) is 19.1 Å². The van der Waals surface area contributed by atoms with Crippen molar-refractivity contribution in [3.05, 3.63) is 24.3 Å². The number of nitrogens with one attached hydrogen (secondary N) is 1. The zero-order chi connectivity index (χ0) is 15.0. The Morgan fingerprint density at radius 3 is 2.25 bits per heavy atom. The second kappa shape index (κ2) is 7.90. The minimum Gasteiger partial charge on any atom is -0.494 e. The van der Waals surface area contributed by atoms with Crippen LogP contribution in [0.15, 0.2) is 24.3 Å². The molecule has 0 spiro atoms. The van der Waals surface area contributed by atoms with Crippen LogP contribution in [0.1, 0.15) is 40.0 Å². The van der Waals surface area contributed by atoms with Gasteiger partial charge in [0.05, 0.1) is 12.0 Å². The van der Waals surface area contributed by atoms with Gasteiger partial charge in [-0.2, -0.15) is 0 Å². The van der Waals surface area contributed by atoms with Crippen LogP contribution in [0.2, 0.25) is 0 Å². The fourth-order valence-electron chi connectivity index (χ4n) is 2.07. The molecule has 3 N–H and O–H groups in total. The molecular weight excluding hydrogens is 252 g/mol. The van der Waals surface area contributed by atoms with E-state index in [-0.39, 0.29) is 5.91 Å². The number of rotatable bonds is 8. The molecule has 1 aromatic carbocycles. The molecule has 0 unspecified atom stereocenters. The van der Waals surface area contributed by atoms with Gasteiger partial charge >= 0.3 is 0 Å². The molecule has 1 aromatic rings. The van der Waals surface area contributed by atoms with Gasteiger partial charge in [0.25, 0.3) is 0 Å². The van der Waals surface area contributed by atoms with E-state index in [2.05, 4.69) is 12.2 Å². The number of hydrogen-bond donors (Lipinski definition) is 2. The Morgan fingerprint density at radius 2 is 1.80 bits per heavy atom. The summed E-state index contributed by atoms with van der Waals surface area (Å²) in [5.41, 5.74) is 6.08. The van der Waals surface area contributed by atoms with Crippen LogP contribution in [0.3, 0.4) is 0 Å². The fraction of sp³-hybridized carbons (Fsp3) is 0.562. The number of benzene rings is 1. The molecule has 0 atom stereocenters. The molecule has 20 heavy (non-hydrogen) atoms. The Balaban J connectivity index is 2.70. The van der Waals surface area contributed by atoms with Gasteiger partial charge in [-0.1, -0.05) is 20.8 Å². The minimum absolute atomic E-state index is 0.00720. The van der Waals surface area contributed by atoms with Gasteiger partial charge in [0, 0.05) is 12.2 Å². The van der Waals surface area contributed by atoms with Crippen molar-refractivity contribution in [1.29, 1.82) is 0 Å². The SMILES string of the molecule is CCCOc1ccc(NC(=O)C(CC)(CC)CN)cc1. The van der Waals surface area contributed by atoms with Crippen molar-refractivity contribution in [3.63, 3.8) is 0 Å². The highest BCUT2D eigenvalue weighted by atomic mass is 16.5. The lowest BCUT2D eigenvalue weighted by atomic mass is 9.81. The van der Waals surface area contributed by atoms with Gasteiger partial charge in [-0.3, -0.25) is 4.79 Å². The van der Waals surface area contributed by atoms with Gasteiger partial charge in [0.1, 0.15) is 5.75 Å². The summed E-state index contributed by atoms with van der Waals surface area (Å²) in [6.45, 7) is 7.13. The molecule has 0 aliphatic heterocycles. The van der Waals surface area contributed by atoms with Gasteiger partial charge in [-0.15, -0.1) is 0 Å². The summed E-state index contributed by atoms with van der Waals surface area (Å²) >= 11 is 0. The number of carbonyl (C=O) groups is 1. The van der Waals surface area contributed by atoms with E-state index >= 15 is 0 Å². The van der Waals surface area contributed by atoms with E-state index < -0.39 is 5.41 Å². The number of ether oxygens (including phenoxy) is 1. The standard InChI is InChI=1S/C16H26N2O2/c1-4-11-20-14-9-7-13(8-10-14)18-15(19)16(5-2,6-3)12-17/h7-10H,4-6,11-12,17H2,1-3H3,(H,18,19). The minimum atomic E-state index is -0.475. The van der Waals surface area contributed by atoms with E-state index in [9.17, 15) is 4.79 Å². The van der Waals surface area contributed by atoms with Crippen LogP contribution < -0.4 is 15.8 Å². The Morgan fingerprint density at radius 1 is 1.20 bits per heavy atom. The largest absolute Gasteiger partial charge is 0.494 e. The molecule has 0 bridgehead atoms. The van der Waals surface area contributed by atoms with E-state index in [1.807, 2.05) is 38.1 Å². The smallest absolute Gasteiger partial charge is 0.231 e. The van der Waals surface area contributed by atoms with E-state index in [4.69, 9.17) is 10.5 Å². The predicted molar refractivity (Wildman–Crippen MR) is 82.9 cm³/mol. The first-order valence-electron chi connectivity index (χ1n) is 7.36. The molecule has 0 radical (unpaired) electrons. The highest BCUT2D eigenvalue weighted by Crippen LogP contribution is 2.27. The van der Waals surface area contributed by atoms with E-state index in [1.165, 1.54) is 0 Å². The predicted octanol–water partition coefficient (Wildman–Crippen LogP) is 3.18. The third kappa shape index (κ3) is 3.97. The van der Waals surface area contributed by atoms with Crippen LogP contribution in [0.5, 0.6) is 5.75 Å². The summed E-state index contributed by atoms with van der Waals surface area (Å²) in [5.74, 6) is 0.813. The number of hydrogen-bond acceptors (Lipinski definition) is 3. The summed E-state index contributed by atoms with van der Waals surface area (Å²) in [5, 5.41) is 2.94. The zero-order valence-electron chi connectivity index (χ0n) is 12.7. The molecule has 0 heterocycles. The van der Waals surface area contributed by atoms with Crippen LogP contribution in [0, 0.1) is 5.41 Å². The average Bonchev–Trinajstić information content (AvgIpc) is 2.49. The van der Waals surface area contributed by atoms with Crippen molar-refractivity contribution < 1.29 is 9.53 Å². The molecule has 4 nitrogen and oxygen atoms in total. The lowest BCUT2D eigenvalue weighted by molar-refractivity contribution is -0.125. The molecular formula is C16H26N2O2. The van der Waals surface area contributed by atoms with Gasteiger partial charge in [-0.05, 0) is 43.5 Å². The average molecular weight is 278 g/mol. The summed E-state index contributed by atoms with van der Waals surface area (Å²) in [4.78, 5) is 12.4. The van der Waals surface area contributed by atoms with Gasteiger partial charge in [-0.25, -0.2) is 0 Å². The maximum atomic E-state index is 12.4. The molecule has 0 aromatic heterocycles. The molecule has 1 amide bonds. The lowest BCUT2D eigenvalue weighted by Gasteiger charge is -2.28. The normalized spacial score (nSPS) is 11.2. The molecule has 1 rings (SSSR count). The summed E-state index contributed by atoms with van der Waals surface area (Å²) in [7, 11) is 0. The Labute approximate surface area is 121 Å². The zero-order valence-corrected chi connectivity index (χ0v) is 12.7. The van der Waals surface area contributed by atoms with Gasteiger partial charge in [0.2, 0.25) is 5.91 Å². The monoisotopic (exact) mass is 278 g/mol. The van der Waals surface area contributed by atoms with E-state index in [1.54, 1.807) is 0 Å². The number of carbonyl (C=O) groups excluding carboxylic acids is 1. The first-order valence-corrected chi connectivity index (χ1v) is 7.36. The maximum absolute atomic E-state index is 12.4. The summed E-state index contributed by atoms with van der Waals surface area (Å²) in [6, 6.07) is 7.45. The van der Waals surface area contributed by atoms with Crippen LogP contribution in [-0.2, 0) is 4.79 Å². The first kappa shape index (κ1) is 16.5. The number of nitrogens with two attached hydrogens (primary N) is 1. The molecule has 0 fully saturated rings. The Hall–Kier alpha value is -1.55. The molecule has 112 valence electrons. The van der Waals surface area contributed by atoms with Crippen LogP contribution >= 0.6 is 0 Å². The number of anilines is 1.